The number of hydrogen-bond donors (Lipinski definition) is 1. The Morgan fingerprint density at radius 1 is 1.37 bits per heavy atom. The van der Waals surface area contributed by atoms with Crippen LogP contribution in [0.5, 0.6) is 0 Å². The quantitative estimate of drug-likeness (QED) is 0.902. The van der Waals surface area contributed by atoms with Crippen molar-refractivity contribution in [2.75, 3.05) is 13.2 Å². The van der Waals surface area contributed by atoms with E-state index in [-0.39, 0.29) is 11.4 Å². The zero-order chi connectivity index (χ0) is 13.3. The fraction of sp³-hybridized carbons (Fsp3) is 0.562. The van der Waals surface area contributed by atoms with Gasteiger partial charge in [-0.15, -0.1) is 0 Å². The molecule has 3 rings (SSSR count). The van der Waals surface area contributed by atoms with Gasteiger partial charge in [0.25, 0.3) is 0 Å². The molecule has 3 heteroatoms. The van der Waals surface area contributed by atoms with Crippen molar-refractivity contribution in [3.63, 3.8) is 0 Å². The minimum absolute atomic E-state index is 0.0791. The lowest BCUT2D eigenvalue weighted by molar-refractivity contribution is -0.123. The molecule has 19 heavy (non-hydrogen) atoms. The summed E-state index contributed by atoms with van der Waals surface area (Å²) in [6.07, 6.45) is 3.74. The van der Waals surface area contributed by atoms with Crippen LogP contribution in [0.25, 0.3) is 0 Å². The van der Waals surface area contributed by atoms with Gasteiger partial charge in [0.2, 0.25) is 5.91 Å². The predicted molar refractivity (Wildman–Crippen MR) is 73.8 cm³/mol. The molecule has 1 aromatic rings. The molecule has 2 fully saturated rings. The molecule has 1 aliphatic carbocycles. The molecule has 1 saturated carbocycles. The van der Waals surface area contributed by atoms with Crippen LogP contribution < -0.4 is 5.32 Å². The second-order valence-electron chi connectivity index (χ2n) is 5.93. The number of amides is 1. The van der Waals surface area contributed by atoms with Crippen LogP contribution in [0.1, 0.15) is 36.8 Å². The molecule has 102 valence electrons. The van der Waals surface area contributed by atoms with Gasteiger partial charge in [-0.25, -0.2) is 0 Å². The van der Waals surface area contributed by atoms with E-state index in [1.165, 1.54) is 11.1 Å². The van der Waals surface area contributed by atoms with Crippen molar-refractivity contribution >= 4 is 5.91 Å². The Kier molecular flexibility index (Phi) is 3.31. The van der Waals surface area contributed by atoms with E-state index in [4.69, 9.17) is 4.74 Å². The molecule has 1 saturated heterocycles. The highest BCUT2D eigenvalue weighted by Crippen LogP contribution is 2.45. The monoisotopic (exact) mass is 259 g/mol. The van der Waals surface area contributed by atoms with Crippen LogP contribution in [0.15, 0.2) is 24.3 Å². The van der Waals surface area contributed by atoms with Gasteiger partial charge in [-0.3, -0.25) is 4.79 Å². The maximum Gasteiger partial charge on any atom is 0.221 e. The average molecular weight is 259 g/mol. The first-order valence-electron chi connectivity index (χ1n) is 7.14. The molecule has 0 spiro atoms. The molecule has 1 atom stereocenters. The van der Waals surface area contributed by atoms with Crippen molar-refractivity contribution < 1.29 is 9.53 Å². The summed E-state index contributed by atoms with van der Waals surface area (Å²) >= 11 is 0. The Hall–Kier alpha value is -1.35. The Labute approximate surface area is 114 Å². The minimum atomic E-state index is -0.0791. The molecule has 3 nitrogen and oxygen atoms in total. The Morgan fingerprint density at radius 2 is 2.11 bits per heavy atom. The predicted octanol–water partition coefficient (Wildman–Crippen LogP) is 2.53. The number of benzene rings is 1. The third-order valence-corrected chi connectivity index (χ3v) is 4.23. The van der Waals surface area contributed by atoms with Gasteiger partial charge >= 0.3 is 0 Å². The fourth-order valence-electron chi connectivity index (χ4n) is 2.81. The number of ether oxygens (including phenoxy) is 1. The van der Waals surface area contributed by atoms with Crippen LogP contribution in [0, 0.1) is 12.8 Å². The molecular formula is C16H21NO2. The van der Waals surface area contributed by atoms with Crippen LogP contribution in [0.3, 0.4) is 0 Å². The zero-order valence-corrected chi connectivity index (χ0v) is 11.4. The van der Waals surface area contributed by atoms with Crippen molar-refractivity contribution in [3.8, 4) is 0 Å². The first kappa shape index (κ1) is 12.7. The van der Waals surface area contributed by atoms with Crippen molar-refractivity contribution in [1.82, 2.24) is 5.32 Å². The Morgan fingerprint density at radius 3 is 2.68 bits per heavy atom. The lowest BCUT2D eigenvalue weighted by Gasteiger charge is -2.19. The molecule has 1 amide bonds. The maximum atomic E-state index is 12.1. The third kappa shape index (κ3) is 2.81. The third-order valence-electron chi connectivity index (χ3n) is 4.23. The highest BCUT2D eigenvalue weighted by molar-refractivity contribution is 5.78. The summed E-state index contributed by atoms with van der Waals surface area (Å²) in [5.74, 6) is 0.586. The second-order valence-corrected chi connectivity index (χ2v) is 5.93. The number of carbonyl (C=O) groups excluding carboxylic acids is 1. The molecule has 0 radical (unpaired) electrons. The molecule has 1 aromatic carbocycles. The fourth-order valence-corrected chi connectivity index (χ4v) is 2.81. The van der Waals surface area contributed by atoms with Crippen LogP contribution in [-0.4, -0.2) is 19.1 Å². The van der Waals surface area contributed by atoms with Gasteiger partial charge in [0.15, 0.2) is 0 Å². The summed E-state index contributed by atoms with van der Waals surface area (Å²) in [6, 6.07) is 8.52. The van der Waals surface area contributed by atoms with Crippen molar-refractivity contribution in [1.29, 1.82) is 0 Å². The molecular weight excluding hydrogens is 238 g/mol. The zero-order valence-electron chi connectivity index (χ0n) is 11.4. The number of aryl methyl sites for hydroxylation is 1. The normalized spacial score (nSPS) is 24.2. The van der Waals surface area contributed by atoms with E-state index in [1.807, 2.05) is 0 Å². The molecule has 1 N–H and O–H groups in total. The molecule has 2 aliphatic rings. The summed E-state index contributed by atoms with van der Waals surface area (Å²) in [7, 11) is 0. The summed E-state index contributed by atoms with van der Waals surface area (Å²) in [6.45, 7) is 3.63. The topological polar surface area (TPSA) is 38.3 Å². The van der Waals surface area contributed by atoms with Crippen LogP contribution in [-0.2, 0) is 15.1 Å². The van der Waals surface area contributed by atoms with Crippen LogP contribution >= 0.6 is 0 Å². The van der Waals surface area contributed by atoms with Gasteiger partial charge in [0.05, 0.1) is 5.54 Å². The van der Waals surface area contributed by atoms with Crippen molar-refractivity contribution in [3.05, 3.63) is 35.4 Å². The van der Waals surface area contributed by atoms with E-state index in [1.54, 1.807) is 0 Å². The van der Waals surface area contributed by atoms with Gasteiger partial charge in [0.1, 0.15) is 0 Å². The van der Waals surface area contributed by atoms with Crippen molar-refractivity contribution in [2.45, 2.75) is 38.1 Å². The smallest absolute Gasteiger partial charge is 0.221 e. The van der Waals surface area contributed by atoms with Crippen molar-refractivity contribution in [2.24, 2.45) is 5.92 Å². The first-order valence-corrected chi connectivity index (χ1v) is 7.14. The maximum absolute atomic E-state index is 12.1. The number of hydrogen-bond acceptors (Lipinski definition) is 2. The Balaban J connectivity index is 1.61. The van der Waals surface area contributed by atoms with E-state index in [9.17, 15) is 4.79 Å². The lowest BCUT2D eigenvalue weighted by Crippen LogP contribution is -2.35. The van der Waals surface area contributed by atoms with Crippen LogP contribution in [0.4, 0.5) is 0 Å². The highest BCUT2D eigenvalue weighted by atomic mass is 16.5. The summed E-state index contributed by atoms with van der Waals surface area (Å²) < 4.78 is 5.32. The number of rotatable bonds is 4. The van der Waals surface area contributed by atoms with Gasteiger partial charge < -0.3 is 10.1 Å². The van der Waals surface area contributed by atoms with E-state index in [0.29, 0.717) is 12.3 Å². The van der Waals surface area contributed by atoms with Gasteiger partial charge in [-0.1, -0.05) is 29.8 Å². The number of carbonyl (C=O) groups is 1. The molecule has 1 heterocycles. The second kappa shape index (κ2) is 4.97. The van der Waals surface area contributed by atoms with E-state index in [2.05, 4.69) is 36.5 Å². The summed E-state index contributed by atoms with van der Waals surface area (Å²) in [5, 5.41) is 3.24. The molecule has 1 unspecified atom stereocenters. The van der Waals surface area contributed by atoms with E-state index >= 15 is 0 Å². The van der Waals surface area contributed by atoms with Gasteiger partial charge in [-0.05, 0) is 37.7 Å². The SMILES string of the molecule is Cc1ccc(C2(NC(=O)CC3CCOC3)CC2)cc1. The standard InChI is InChI=1S/C16H21NO2/c1-12-2-4-14(5-3-12)16(7-8-16)17-15(18)10-13-6-9-19-11-13/h2-5,13H,6-11H2,1H3,(H,17,18). The molecule has 0 bridgehead atoms. The summed E-state index contributed by atoms with van der Waals surface area (Å²) in [4.78, 5) is 12.1. The largest absolute Gasteiger partial charge is 0.381 e. The first-order chi connectivity index (χ1) is 9.18. The Bertz CT molecular complexity index is 456. The molecule has 1 aliphatic heterocycles. The number of nitrogens with one attached hydrogen (secondary N) is 1. The minimum Gasteiger partial charge on any atom is -0.381 e. The summed E-state index contributed by atoms with van der Waals surface area (Å²) in [5.41, 5.74) is 2.42. The van der Waals surface area contributed by atoms with E-state index < -0.39 is 0 Å². The van der Waals surface area contributed by atoms with Gasteiger partial charge in [0, 0.05) is 19.6 Å². The average Bonchev–Trinajstić information content (AvgIpc) is 2.98. The van der Waals surface area contributed by atoms with E-state index in [0.717, 1.165) is 32.5 Å². The molecule has 0 aromatic heterocycles. The van der Waals surface area contributed by atoms with Crippen LogP contribution in [0.2, 0.25) is 0 Å². The van der Waals surface area contributed by atoms with Gasteiger partial charge in [-0.2, -0.15) is 0 Å². The highest BCUT2D eigenvalue weighted by Gasteiger charge is 2.45. The lowest BCUT2D eigenvalue weighted by atomic mass is 10.0.